The van der Waals surface area contributed by atoms with Crippen molar-refractivity contribution in [1.82, 2.24) is 0 Å². The van der Waals surface area contributed by atoms with Crippen LogP contribution in [0, 0.1) is 0 Å². The van der Waals surface area contributed by atoms with Crippen molar-refractivity contribution in [2.24, 2.45) is 10.7 Å². The fraction of sp³-hybridized carbons (Fsp3) is 0.133. The van der Waals surface area contributed by atoms with Crippen molar-refractivity contribution in [3.05, 3.63) is 60.2 Å². The van der Waals surface area contributed by atoms with E-state index in [1.165, 1.54) is 11.1 Å². The summed E-state index contributed by atoms with van der Waals surface area (Å²) in [6.45, 7) is 0.532. The largest absolute Gasteiger partial charge is 0.463 e. The molecule has 90 valence electrons. The van der Waals surface area contributed by atoms with Crippen LogP contribution in [0.5, 0.6) is 0 Å². The van der Waals surface area contributed by atoms with Gasteiger partial charge in [0, 0.05) is 0 Å². The van der Waals surface area contributed by atoms with Gasteiger partial charge in [0.1, 0.15) is 12.6 Å². The van der Waals surface area contributed by atoms with E-state index in [0.717, 1.165) is 5.56 Å². The van der Waals surface area contributed by atoms with Crippen molar-refractivity contribution < 1.29 is 4.74 Å². The Balaban J connectivity index is 1.95. The molecule has 2 aromatic rings. The van der Waals surface area contributed by atoms with Crippen LogP contribution in [0.4, 0.5) is 0 Å². The van der Waals surface area contributed by atoms with E-state index in [4.69, 9.17) is 10.5 Å². The lowest BCUT2D eigenvalue weighted by molar-refractivity contribution is 0.315. The first kappa shape index (κ1) is 10.8. The minimum absolute atomic E-state index is 0.0219. The average molecular weight is 238 g/mol. The van der Waals surface area contributed by atoms with E-state index >= 15 is 0 Å². The summed E-state index contributed by atoms with van der Waals surface area (Å²) < 4.78 is 5.19. The number of nitrogens with zero attached hydrogens (tertiary/aromatic N) is 1. The van der Waals surface area contributed by atoms with Gasteiger partial charge < -0.3 is 10.5 Å². The molecular weight excluding hydrogens is 224 g/mol. The summed E-state index contributed by atoms with van der Waals surface area (Å²) in [5.74, 6) is 0. The molecule has 3 rings (SSSR count). The van der Waals surface area contributed by atoms with Crippen LogP contribution in [0.2, 0.25) is 0 Å². The summed E-state index contributed by atoms with van der Waals surface area (Å²) in [6.07, 6.45) is 0. The Hall–Kier alpha value is -2.29. The van der Waals surface area contributed by atoms with Gasteiger partial charge in [-0.25, -0.2) is 4.99 Å². The molecule has 1 aliphatic heterocycles. The molecule has 0 spiro atoms. The molecule has 0 aromatic heterocycles. The highest BCUT2D eigenvalue weighted by Crippen LogP contribution is 2.26. The van der Waals surface area contributed by atoms with E-state index in [0.29, 0.717) is 6.61 Å². The fourth-order valence-electron chi connectivity index (χ4n) is 2.12. The second-order valence-electron chi connectivity index (χ2n) is 4.29. The molecule has 3 nitrogen and oxygen atoms in total. The minimum atomic E-state index is 0.0219. The van der Waals surface area contributed by atoms with Gasteiger partial charge in [-0.2, -0.15) is 0 Å². The highest BCUT2D eigenvalue weighted by Gasteiger charge is 2.18. The van der Waals surface area contributed by atoms with Gasteiger partial charge in [0.2, 0.25) is 0 Å². The van der Waals surface area contributed by atoms with Crippen LogP contribution >= 0.6 is 0 Å². The van der Waals surface area contributed by atoms with Crippen LogP contribution < -0.4 is 5.73 Å². The second-order valence-corrected chi connectivity index (χ2v) is 4.29. The molecule has 0 saturated heterocycles. The first-order valence-corrected chi connectivity index (χ1v) is 5.94. The van der Waals surface area contributed by atoms with Gasteiger partial charge in [-0.1, -0.05) is 48.5 Å². The van der Waals surface area contributed by atoms with Crippen molar-refractivity contribution in [2.75, 3.05) is 6.61 Å². The Kier molecular flexibility index (Phi) is 2.73. The topological polar surface area (TPSA) is 47.6 Å². The first-order chi connectivity index (χ1) is 8.83. The molecule has 0 bridgehead atoms. The predicted molar refractivity (Wildman–Crippen MR) is 72.2 cm³/mol. The van der Waals surface area contributed by atoms with E-state index in [2.05, 4.69) is 35.3 Å². The molecule has 0 saturated carbocycles. The van der Waals surface area contributed by atoms with Crippen molar-refractivity contribution >= 4 is 6.02 Å². The molecule has 3 heteroatoms. The van der Waals surface area contributed by atoms with E-state index in [1.54, 1.807) is 0 Å². The summed E-state index contributed by atoms with van der Waals surface area (Å²) >= 11 is 0. The number of amidine groups is 1. The molecule has 0 radical (unpaired) electrons. The number of aliphatic imine (C=N–C) groups is 1. The van der Waals surface area contributed by atoms with Gasteiger partial charge in [-0.05, 0) is 22.8 Å². The maximum absolute atomic E-state index is 5.54. The Bertz CT molecular complexity index is 578. The molecule has 0 unspecified atom stereocenters. The number of rotatable bonds is 2. The van der Waals surface area contributed by atoms with Crippen LogP contribution in [-0.2, 0) is 4.74 Å². The van der Waals surface area contributed by atoms with Gasteiger partial charge in [-0.3, -0.25) is 0 Å². The van der Waals surface area contributed by atoms with Crippen LogP contribution in [0.15, 0.2) is 59.6 Å². The van der Waals surface area contributed by atoms with Crippen LogP contribution in [-0.4, -0.2) is 12.6 Å². The van der Waals surface area contributed by atoms with Crippen LogP contribution in [0.1, 0.15) is 11.6 Å². The van der Waals surface area contributed by atoms with Gasteiger partial charge in [-0.15, -0.1) is 0 Å². The molecule has 0 aliphatic carbocycles. The smallest absolute Gasteiger partial charge is 0.282 e. The van der Waals surface area contributed by atoms with Gasteiger partial charge in [0.25, 0.3) is 6.02 Å². The molecule has 2 aromatic carbocycles. The molecule has 1 atom stereocenters. The molecule has 1 heterocycles. The number of ether oxygens (including phenoxy) is 1. The normalized spacial score (nSPS) is 18.2. The zero-order chi connectivity index (χ0) is 12.4. The third-order valence-electron chi connectivity index (χ3n) is 3.05. The van der Waals surface area contributed by atoms with Crippen molar-refractivity contribution in [3.8, 4) is 11.1 Å². The average Bonchev–Trinajstić information content (AvgIpc) is 2.87. The van der Waals surface area contributed by atoms with Gasteiger partial charge >= 0.3 is 0 Å². The lowest BCUT2D eigenvalue weighted by Gasteiger charge is -2.08. The Labute approximate surface area is 106 Å². The molecule has 2 N–H and O–H groups in total. The Morgan fingerprint density at radius 2 is 1.78 bits per heavy atom. The second kappa shape index (κ2) is 4.53. The zero-order valence-electron chi connectivity index (χ0n) is 9.91. The lowest BCUT2D eigenvalue weighted by Crippen LogP contribution is -2.10. The Morgan fingerprint density at radius 1 is 1.00 bits per heavy atom. The van der Waals surface area contributed by atoms with E-state index in [9.17, 15) is 0 Å². The SMILES string of the molecule is NC1=N[C@@H](c2cccc(-c3ccccc3)c2)CO1. The summed E-state index contributed by atoms with van der Waals surface area (Å²) in [5.41, 5.74) is 9.07. The standard InChI is InChI=1S/C15H14N2O/c16-15-17-14(10-18-15)13-8-4-7-12(9-13)11-5-2-1-3-6-11/h1-9,14H,10H2,(H2,16,17)/t14-/m1/s1. The molecular formula is C15H14N2O. The number of nitrogens with two attached hydrogens (primary N) is 1. The predicted octanol–water partition coefficient (Wildman–Crippen LogP) is 2.74. The molecule has 1 aliphatic rings. The highest BCUT2D eigenvalue weighted by atomic mass is 16.5. The molecule has 0 fully saturated rings. The van der Waals surface area contributed by atoms with Crippen LogP contribution in [0.25, 0.3) is 11.1 Å². The van der Waals surface area contributed by atoms with Gasteiger partial charge in [0.05, 0.1) is 0 Å². The summed E-state index contributed by atoms with van der Waals surface area (Å²) in [7, 11) is 0. The quantitative estimate of drug-likeness (QED) is 0.874. The third kappa shape index (κ3) is 2.07. The van der Waals surface area contributed by atoms with E-state index in [-0.39, 0.29) is 12.1 Å². The van der Waals surface area contributed by atoms with E-state index in [1.807, 2.05) is 24.3 Å². The maximum atomic E-state index is 5.54. The van der Waals surface area contributed by atoms with Crippen molar-refractivity contribution in [3.63, 3.8) is 0 Å². The zero-order valence-corrected chi connectivity index (χ0v) is 9.91. The molecule has 0 amide bonds. The highest BCUT2D eigenvalue weighted by molar-refractivity contribution is 5.73. The molecule has 18 heavy (non-hydrogen) atoms. The Morgan fingerprint density at radius 3 is 2.50 bits per heavy atom. The summed E-state index contributed by atoms with van der Waals surface area (Å²) in [6, 6.07) is 18.9. The monoisotopic (exact) mass is 238 g/mol. The summed E-state index contributed by atoms with van der Waals surface area (Å²) in [5, 5.41) is 0. The van der Waals surface area contributed by atoms with Gasteiger partial charge in [0.15, 0.2) is 0 Å². The fourth-order valence-corrected chi connectivity index (χ4v) is 2.12. The lowest BCUT2D eigenvalue weighted by atomic mass is 10.0. The first-order valence-electron chi connectivity index (χ1n) is 5.94. The van der Waals surface area contributed by atoms with E-state index < -0.39 is 0 Å². The maximum Gasteiger partial charge on any atom is 0.282 e. The number of hydrogen-bond donors (Lipinski definition) is 1. The number of benzene rings is 2. The van der Waals surface area contributed by atoms with Crippen LogP contribution in [0.3, 0.4) is 0 Å². The third-order valence-corrected chi connectivity index (χ3v) is 3.05. The van der Waals surface area contributed by atoms with Crippen molar-refractivity contribution in [1.29, 1.82) is 0 Å². The minimum Gasteiger partial charge on any atom is -0.463 e. The summed E-state index contributed by atoms with van der Waals surface area (Å²) in [4.78, 5) is 4.27. The van der Waals surface area contributed by atoms with Crippen molar-refractivity contribution in [2.45, 2.75) is 6.04 Å². The number of hydrogen-bond acceptors (Lipinski definition) is 3.